The zero-order chi connectivity index (χ0) is 13.9. The van der Waals surface area contributed by atoms with Crippen LogP contribution in [-0.2, 0) is 17.8 Å². The second kappa shape index (κ2) is 4.15. The molecule has 2 N–H and O–H groups in total. The van der Waals surface area contributed by atoms with Crippen LogP contribution >= 0.6 is 11.3 Å². The van der Waals surface area contributed by atoms with Crippen molar-refractivity contribution in [1.29, 1.82) is 0 Å². The minimum absolute atomic E-state index is 0.260. The van der Waals surface area contributed by atoms with E-state index in [1.807, 2.05) is 4.90 Å². The Morgan fingerprint density at radius 2 is 2.30 bits per heavy atom. The molecule has 1 saturated carbocycles. The van der Waals surface area contributed by atoms with Gasteiger partial charge in [-0.05, 0) is 24.3 Å². The fourth-order valence-electron chi connectivity index (χ4n) is 3.04. The lowest BCUT2D eigenvalue weighted by Crippen LogP contribution is -2.36. The summed E-state index contributed by atoms with van der Waals surface area (Å²) in [5.74, 6) is 1.70. The topological polar surface area (TPSA) is 72.1 Å². The van der Waals surface area contributed by atoms with E-state index in [4.69, 9.17) is 5.73 Å². The lowest BCUT2D eigenvalue weighted by molar-refractivity contribution is -0.133. The van der Waals surface area contributed by atoms with Gasteiger partial charge in [0.05, 0.1) is 11.9 Å². The maximum Gasteiger partial charge on any atom is 0.226 e. The van der Waals surface area contributed by atoms with Crippen LogP contribution in [0.4, 0.5) is 5.82 Å². The lowest BCUT2D eigenvalue weighted by Gasteiger charge is -2.27. The average molecular weight is 288 g/mol. The third-order valence-electron chi connectivity index (χ3n) is 4.40. The molecule has 3 heterocycles. The molecule has 2 aromatic heterocycles. The summed E-state index contributed by atoms with van der Waals surface area (Å²) in [5.41, 5.74) is 7.22. The predicted octanol–water partition coefficient (Wildman–Crippen LogP) is 1.81. The Kier molecular flexibility index (Phi) is 2.51. The van der Waals surface area contributed by atoms with Crippen molar-refractivity contribution < 1.29 is 4.79 Å². The molecule has 0 spiro atoms. The number of nitrogens with zero attached hydrogens (tertiary/aromatic N) is 3. The van der Waals surface area contributed by atoms with Gasteiger partial charge in [0.2, 0.25) is 5.91 Å². The Morgan fingerprint density at radius 1 is 1.50 bits per heavy atom. The minimum Gasteiger partial charge on any atom is -0.383 e. The molecule has 1 aliphatic carbocycles. The van der Waals surface area contributed by atoms with Gasteiger partial charge in [0.1, 0.15) is 17.0 Å². The molecule has 4 rings (SSSR count). The molecular weight excluding hydrogens is 272 g/mol. The molecule has 0 saturated heterocycles. The molecule has 2 aliphatic rings. The first-order valence-electron chi connectivity index (χ1n) is 6.94. The normalized spacial score (nSPS) is 24.8. The maximum absolute atomic E-state index is 12.3. The summed E-state index contributed by atoms with van der Waals surface area (Å²) in [6.07, 6.45) is 3.42. The van der Waals surface area contributed by atoms with Crippen LogP contribution in [0.2, 0.25) is 0 Å². The number of aromatic nitrogens is 2. The fraction of sp³-hybridized carbons (Fsp3) is 0.500. The Bertz CT molecular complexity index is 711. The Labute approximate surface area is 120 Å². The highest BCUT2D eigenvalue weighted by atomic mass is 32.1. The van der Waals surface area contributed by atoms with Crippen LogP contribution in [0.1, 0.15) is 23.8 Å². The van der Waals surface area contributed by atoms with E-state index in [2.05, 4.69) is 16.9 Å². The van der Waals surface area contributed by atoms with E-state index >= 15 is 0 Å². The highest BCUT2D eigenvalue weighted by Gasteiger charge is 2.42. The molecule has 0 aromatic carbocycles. The molecule has 104 valence electrons. The van der Waals surface area contributed by atoms with Gasteiger partial charge < -0.3 is 10.6 Å². The third kappa shape index (κ3) is 1.71. The van der Waals surface area contributed by atoms with Gasteiger partial charge in [-0.15, -0.1) is 11.3 Å². The summed E-state index contributed by atoms with van der Waals surface area (Å²) < 4.78 is 0. The van der Waals surface area contributed by atoms with Crippen LogP contribution < -0.4 is 5.73 Å². The number of nitrogens with two attached hydrogens (primary N) is 1. The number of carbonyl (C=O) groups is 1. The van der Waals surface area contributed by atoms with Gasteiger partial charge in [0.25, 0.3) is 0 Å². The molecule has 0 unspecified atom stereocenters. The van der Waals surface area contributed by atoms with Crippen LogP contribution in [0.25, 0.3) is 10.2 Å². The molecule has 1 fully saturated rings. The number of rotatable bonds is 1. The molecule has 5 nitrogen and oxygen atoms in total. The number of carbonyl (C=O) groups excluding carboxylic acids is 1. The van der Waals surface area contributed by atoms with Crippen LogP contribution in [0.3, 0.4) is 0 Å². The highest BCUT2D eigenvalue weighted by molar-refractivity contribution is 7.19. The van der Waals surface area contributed by atoms with Gasteiger partial charge in [0, 0.05) is 17.3 Å². The SMILES string of the molecule is C[C@H]1C[C@H]1C(=O)N1CCc2c(sc3ncnc(N)c23)C1. The predicted molar refractivity (Wildman–Crippen MR) is 78.2 cm³/mol. The number of fused-ring (bicyclic) bond motifs is 3. The second-order valence-electron chi connectivity index (χ2n) is 5.77. The maximum atomic E-state index is 12.3. The largest absolute Gasteiger partial charge is 0.383 e. The standard InChI is InChI=1S/C14H16N4OS/c1-7-4-9(7)14(19)18-3-2-8-10(5-18)20-13-11(8)12(15)16-6-17-13/h6-7,9H,2-5H2,1H3,(H2,15,16,17)/t7-,9+/m0/s1. The fourth-order valence-corrected chi connectivity index (χ4v) is 4.25. The van der Waals surface area contributed by atoms with Crippen molar-refractivity contribution in [2.75, 3.05) is 12.3 Å². The molecule has 2 aromatic rings. The number of anilines is 1. The van der Waals surface area contributed by atoms with Gasteiger partial charge in [-0.1, -0.05) is 6.92 Å². The van der Waals surface area contributed by atoms with Gasteiger partial charge in [-0.25, -0.2) is 9.97 Å². The van der Waals surface area contributed by atoms with Crippen molar-refractivity contribution >= 4 is 33.3 Å². The lowest BCUT2D eigenvalue weighted by atomic mass is 10.0. The molecule has 2 atom stereocenters. The summed E-state index contributed by atoms with van der Waals surface area (Å²) in [6.45, 7) is 3.64. The summed E-state index contributed by atoms with van der Waals surface area (Å²) >= 11 is 1.64. The quantitative estimate of drug-likeness (QED) is 0.868. The van der Waals surface area contributed by atoms with E-state index in [9.17, 15) is 4.79 Å². The zero-order valence-corrected chi connectivity index (χ0v) is 12.1. The van der Waals surface area contributed by atoms with Crippen molar-refractivity contribution in [3.8, 4) is 0 Å². The zero-order valence-electron chi connectivity index (χ0n) is 11.3. The average Bonchev–Trinajstić information content (AvgIpc) is 3.04. The van der Waals surface area contributed by atoms with Crippen LogP contribution in [0, 0.1) is 11.8 Å². The number of hydrogen-bond donors (Lipinski definition) is 1. The van der Waals surface area contributed by atoms with Gasteiger partial charge in [-0.3, -0.25) is 4.79 Å². The summed E-state index contributed by atoms with van der Waals surface area (Å²) in [4.78, 5) is 24.9. The molecule has 0 radical (unpaired) electrons. The minimum atomic E-state index is 0.260. The Hall–Kier alpha value is -1.69. The summed E-state index contributed by atoms with van der Waals surface area (Å²) in [6, 6.07) is 0. The van der Waals surface area contributed by atoms with Crippen LogP contribution in [-0.4, -0.2) is 27.3 Å². The third-order valence-corrected chi connectivity index (χ3v) is 5.53. The number of thiophene rings is 1. The Morgan fingerprint density at radius 3 is 3.05 bits per heavy atom. The van der Waals surface area contributed by atoms with Crippen molar-refractivity contribution in [3.63, 3.8) is 0 Å². The molecule has 1 amide bonds. The van der Waals surface area contributed by atoms with E-state index in [0.717, 1.165) is 29.6 Å². The first-order chi connectivity index (χ1) is 9.65. The van der Waals surface area contributed by atoms with E-state index in [1.54, 1.807) is 11.3 Å². The van der Waals surface area contributed by atoms with Crippen molar-refractivity contribution in [2.24, 2.45) is 11.8 Å². The van der Waals surface area contributed by atoms with Crippen molar-refractivity contribution in [1.82, 2.24) is 14.9 Å². The van der Waals surface area contributed by atoms with E-state index in [-0.39, 0.29) is 5.92 Å². The summed E-state index contributed by atoms with van der Waals surface area (Å²) in [5, 5.41) is 0.999. The number of hydrogen-bond acceptors (Lipinski definition) is 5. The van der Waals surface area contributed by atoms with Crippen molar-refractivity contribution in [3.05, 3.63) is 16.8 Å². The highest BCUT2D eigenvalue weighted by Crippen LogP contribution is 2.41. The van der Waals surface area contributed by atoms with E-state index in [0.29, 0.717) is 24.2 Å². The second-order valence-corrected chi connectivity index (χ2v) is 6.86. The summed E-state index contributed by atoms with van der Waals surface area (Å²) in [7, 11) is 0. The van der Waals surface area contributed by atoms with E-state index in [1.165, 1.54) is 16.8 Å². The molecular formula is C14H16N4OS. The first kappa shape index (κ1) is 12.1. The molecule has 20 heavy (non-hydrogen) atoms. The first-order valence-corrected chi connectivity index (χ1v) is 7.76. The number of amides is 1. The molecule has 6 heteroatoms. The van der Waals surface area contributed by atoms with Crippen molar-refractivity contribution in [2.45, 2.75) is 26.3 Å². The van der Waals surface area contributed by atoms with Gasteiger partial charge >= 0.3 is 0 Å². The van der Waals surface area contributed by atoms with E-state index < -0.39 is 0 Å². The van der Waals surface area contributed by atoms with Gasteiger partial charge in [-0.2, -0.15) is 0 Å². The number of nitrogen functional groups attached to an aromatic ring is 1. The van der Waals surface area contributed by atoms with Crippen LogP contribution in [0.5, 0.6) is 0 Å². The monoisotopic (exact) mass is 288 g/mol. The Balaban J connectivity index is 1.68. The van der Waals surface area contributed by atoms with Gasteiger partial charge in [0.15, 0.2) is 0 Å². The smallest absolute Gasteiger partial charge is 0.226 e. The molecule has 0 bridgehead atoms. The molecule has 1 aliphatic heterocycles. The van der Waals surface area contributed by atoms with Crippen LogP contribution in [0.15, 0.2) is 6.33 Å².